The lowest BCUT2D eigenvalue weighted by molar-refractivity contribution is -0.352. The SMILES string of the molecule is CCCCCCCCCCCCCCCCOCCOC(C)OP(=O)([O-])[O-]. The Morgan fingerprint density at radius 3 is 1.59 bits per heavy atom. The molecule has 0 heterocycles. The summed E-state index contributed by atoms with van der Waals surface area (Å²) in [5.74, 6) is 0. The van der Waals surface area contributed by atoms with Crippen molar-refractivity contribution < 1.29 is 28.3 Å². The van der Waals surface area contributed by atoms with E-state index in [0.717, 1.165) is 6.42 Å². The average molecular weight is 409 g/mol. The molecule has 0 bridgehead atoms. The Kier molecular flexibility index (Phi) is 19.4. The van der Waals surface area contributed by atoms with Gasteiger partial charge in [-0.25, -0.2) is 0 Å². The Labute approximate surface area is 166 Å². The second kappa shape index (κ2) is 19.4. The number of hydrogen-bond donors (Lipinski definition) is 0. The Morgan fingerprint density at radius 1 is 0.704 bits per heavy atom. The number of hydrogen-bond acceptors (Lipinski definition) is 6. The second-order valence-electron chi connectivity index (χ2n) is 7.20. The van der Waals surface area contributed by atoms with Crippen molar-refractivity contribution in [1.29, 1.82) is 0 Å². The molecule has 0 aromatic heterocycles. The number of phosphoric ester groups is 1. The van der Waals surface area contributed by atoms with Crippen molar-refractivity contribution in [2.75, 3.05) is 19.8 Å². The van der Waals surface area contributed by atoms with E-state index in [1.807, 2.05) is 0 Å². The molecular weight excluding hydrogens is 367 g/mol. The highest BCUT2D eigenvalue weighted by atomic mass is 31.2. The van der Waals surface area contributed by atoms with E-state index >= 15 is 0 Å². The monoisotopic (exact) mass is 408 g/mol. The molecule has 0 aliphatic heterocycles. The molecule has 0 saturated carbocycles. The summed E-state index contributed by atoms with van der Waals surface area (Å²) in [7, 11) is -4.98. The minimum atomic E-state index is -4.98. The quantitative estimate of drug-likeness (QED) is 0.155. The molecule has 0 amide bonds. The van der Waals surface area contributed by atoms with Crippen LogP contribution in [0.15, 0.2) is 0 Å². The highest BCUT2D eigenvalue weighted by Crippen LogP contribution is 2.27. The van der Waals surface area contributed by atoms with Crippen LogP contribution in [0.5, 0.6) is 0 Å². The van der Waals surface area contributed by atoms with Crippen molar-refractivity contribution >= 4 is 7.82 Å². The first kappa shape index (κ1) is 27.0. The predicted molar refractivity (Wildman–Crippen MR) is 105 cm³/mol. The van der Waals surface area contributed by atoms with E-state index < -0.39 is 14.1 Å². The van der Waals surface area contributed by atoms with Crippen molar-refractivity contribution in [3.8, 4) is 0 Å². The van der Waals surface area contributed by atoms with Gasteiger partial charge in [-0.15, -0.1) is 0 Å². The lowest BCUT2D eigenvalue weighted by Gasteiger charge is -2.31. The maximum absolute atomic E-state index is 10.4. The maximum atomic E-state index is 10.4. The molecule has 0 radical (unpaired) electrons. The number of unbranched alkanes of at least 4 members (excludes halogenated alkanes) is 13. The molecule has 6 nitrogen and oxygen atoms in total. The van der Waals surface area contributed by atoms with Crippen LogP contribution in [0.1, 0.15) is 104 Å². The fourth-order valence-electron chi connectivity index (χ4n) is 2.99. The molecule has 0 aromatic carbocycles. The van der Waals surface area contributed by atoms with Crippen molar-refractivity contribution in [2.24, 2.45) is 0 Å². The molecule has 1 atom stereocenters. The molecule has 7 heteroatoms. The summed E-state index contributed by atoms with van der Waals surface area (Å²) in [6.07, 6.45) is 17.5. The lowest BCUT2D eigenvalue weighted by Crippen LogP contribution is -2.23. The third-order valence-corrected chi connectivity index (χ3v) is 5.06. The van der Waals surface area contributed by atoms with Crippen molar-refractivity contribution in [1.82, 2.24) is 0 Å². The van der Waals surface area contributed by atoms with Gasteiger partial charge in [0.15, 0.2) is 6.29 Å². The van der Waals surface area contributed by atoms with Crippen LogP contribution in [0.2, 0.25) is 0 Å². The van der Waals surface area contributed by atoms with Crippen LogP contribution in [0.4, 0.5) is 0 Å². The summed E-state index contributed by atoms with van der Waals surface area (Å²) in [5.41, 5.74) is 0. The molecule has 0 aliphatic rings. The predicted octanol–water partition coefficient (Wildman–Crippen LogP) is 4.69. The van der Waals surface area contributed by atoms with Gasteiger partial charge in [-0.05, 0) is 13.3 Å². The van der Waals surface area contributed by atoms with Crippen LogP contribution in [0.3, 0.4) is 0 Å². The summed E-state index contributed by atoms with van der Waals surface area (Å²) < 4.78 is 24.9. The highest BCUT2D eigenvalue weighted by molar-refractivity contribution is 7.43. The van der Waals surface area contributed by atoms with E-state index in [9.17, 15) is 14.4 Å². The summed E-state index contributed by atoms with van der Waals surface area (Å²) in [6.45, 7) is 4.89. The highest BCUT2D eigenvalue weighted by Gasteiger charge is 2.03. The molecule has 0 spiro atoms. The van der Waals surface area contributed by atoms with E-state index in [1.54, 1.807) is 0 Å². The summed E-state index contributed by atoms with van der Waals surface area (Å²) in [6, 6.07) is 0. The molecule has 0 N–H and O–H groups in total. The van der Waals surface area contributed by atoms with Crippen molar-refractivity contribution in [2.45, 2.75) is 110 Å². The fraction of sp³-hybridized carbons (Fsp3) is 1.00. The van der Waals surface area contributed by atoms with Gasteiger partial charge in [-0.3, -0.25) is 0 Å². The maximum Gasteiger partial charge on any atom is 0.159 e. The van der Waals surface area contributed by atoms with Crippen molar-refractivity contribution in [3.05, 3.63) is 0 Å². The summed E-state index contributed by atoms with van der Waals surface area (Å²) in [5, 5.41) is 0. The van der Waals surface area contributed by atoms with Crippen LogP contribution in [-0.4, -0.2) is 26.1 Å². The smallest absolute Gasteiger partial charge is 0.159 e. The van der Waals surface area contributed by atoms with Crippen LogP contribution in [-0.2, 0) is 18.6 Å². The molecular formula is C20H41O6P-2. The van der Waals surface area contributed by atoms with Crippen LogP contribution in [0, 0.1) is 0 Å². The van der Waals surface area contributed by atoms with Gasteiger partial charge in [-0.1, -0.05) is 90.4 Å². The average Bonchev–Trinajstić information content (AvgIpc) is 2.59. The van der Waals surface area contributed by atoms with Gasteiger partial charge in [-0.2, -0.15) is 0 Å². The van der Waals surface area contributed by atoms with Crippen molar-refractivity contribution in [3.63, 3.8) is 0 Å². The van der Waals surface area contributed by atoms with E-state index in [1.165, 1.54) is 90.4 Å². The Balaban J connectivity index is 3.12. The molecule has 1 unspecified atom stereocenters. The second-order valence-corrected chi connectivity index (χ2v) is 8.30. The van der Waals surface area contributed by atoms with Gasteiger partial charge in [0.1, 0.15) is 0 Å². The first-order valence-corrected chi connectivity index (χ1v) is 12.3. The van der Waals surface area contributed by atoms with Gasteiger partial charge < -0.3 is 28.3 Å². The molecule has 0 rings (SSSR count). The number of ether oxygens (including phenoxy) is 2. The van der Waals surface area contributed by atoms with E-state index in [0.29, 0.717) is 13.2 Å². The molecule has 164 valence electrons. The molecule has 0 saturated heterocycles. The normalized spacial score (nSPS) is 13.2. The van der Waals surface area contributed by atoms with Gasteiger partial charge in [0.2, 0.25) is 0 Å². The molecule has 0 aliphatic carbocycles. The number of phosphoric acid groups is 1. The molecule has 0 fully saturated rings. The zero-order chi connectivity index (χ0) is 20.2. The standard InChI is InChI=1S/C20H43O6P/c1-3-4-5-6-7-8-9-10-11-12-13-14-15-16-17-24-18-19-25-20(2)26-27(21,22)23/h20H,3-19H2,1-2H3,(H2,21,22,23)/p-2. The third-order valence-electron chi connectivity index (χ3n) is 4.50. The van der Waals surface area contributed by atoms with Crippen LogP contribution in [0.25, 0.3) is 0 Å². The summed E-state index contributed by atoms with van der Waals surface area (Å²) >= 11 is 0. The first-order chi connectivity index (χ1) is 13.0. The van der Waals surface area contributed by atoms with Crippen LogP contribution >= 0.6 is 7.82 Å². The van der Waals surface area contributed by atoms with E-state index in [-0.39, 0.29) is 6.61 Å². The fourth-order valence-corrected chi connectivity index (χ4v) is 3.41. The summed E-state index contributed by atoms with van der Waals surface area (Å²) in [4.78, 5) is 20.7. The third kappa shape index (κ3) is 24.0. The lowest BCUT2D eigenvalue weighted by atomic mass is 10.0. The molecule has 27 heavy (non-hydrogen) atoms. The molecule has 0 aromatic rings. The van der Waals surface area contributed by atoms with E-state index in [2.05, 4.69) is 11.4 Å². The Morgan fingerprint density at radius 2 is 1.15 bits per heavy atom. The first-order valence-electron chi connectivity index (χ1n) is 10.9. The zero-order valence-corrected chi connectivity index (χ0v) is 18.4. The zero-order valence-electron chi connectivity index (χ0n) is 17.5. The van der Waals surface area contributed by atoms with Gasteiger partial charge in [0, 0.05) is 6.61 Å². The Bertz CT molecular complexity index is 347. The van der Waals surface area contributed by atoms with Gasteiger partial charge >= 0.3 is 0 Å². The Hall–Kier alpha value is 0.0300. The minimum Gasteiger partial charge on any atom is -0.790 e. The van der Waals surface area contributed by atoms with Gasteiger partial charge in [0.25, 0.3) is 0 Å². The topological polar surface area (TPSA) is 90.9 Å². The van der Waals surface area contributed by atoms with Crippen LogP contribution < -0.4 is 9.79 Å². The number of rotatable bonds is 21. The van der Waals surface area contributed by atoms with E-state index in [4.69, 9.17) is 9.47 Å². The largest absolute Gasteiger partial charge is 0.790 e. The van der Waals surface area contributed by atoms with Gasteiger partial charge in [0.05, 0.1) is 21.0 Å². The minimum absolute atomic E-state index is 0.208.